The summed E-state index contributed by atoms with van der Waals surface area (Å²) in [5.41, 5.74) is 0.402. The van der Waals surface area contributed by atoms with E-state index in [9.17, 15) is 13.2 Å². The number of nitrogens with zero attached hydrogens (tertiary/aromatic N) is 1. The van der Waals surface area contributed by atoms with Crippen molar-refractivity contribution >= 4 is 15.9 Å². The van der Waals surface area contributed by atoms with E-state index < -0.39 is 10.0 Å². The molecule has 0 spiro atoms. The largest absolute Gasteiger partial charge is 0.351 e. The molecule has 116 valence electrons. The monoisotopic (exact) mass is 311 g/mol. The van der Waals surface area contributed by atoms with E-state index >= 15 is 0 Å². The first-order chi connectivity index (χ1) is 9.95. The Morgan fingerprint density at radius 1 is 1.33 bits per heavy atom. The molecule has 2 fully saturated rings. The van der Waals surface area contributed by atoms with Crippen molar-refractivity contribution in [3.63, 3.8) is 0 Å². The van der Waals surface area contributed by atoms with Crippen molar-refractivity contribution in [2.75, 3.05) is 6.54 Å². The van der Waals surface area contributed by atoms with Gasteiger partial charge in [0.1, 0.15) is 10.6 Å². The zero-order valence-electron chi connectivity index (χ0n) is 11.9. The summed E-state index contributed by atoms with van der Waals surface area (Å²) in [6.45, 7) is 0.643. The number of carbonyl (C=O) groups is 1. The number of aromatic nitrogens is 1. The van der Waals surface area contributed by atoms with Crippen LogP contribution in [0.5, 0.6) is 0 Å². The van der Waals surface area contributed by atoms with Gasteiger partial charge in [-0.05, 0) is 37.7 Å². The molecule has 1 aromatic rings. The molecule has 1 heterocycles. The number of amides is 1. The molecule has 2 aliphatic rings. The van der Waals surface area contributed by atoms with Gasteiger partial charge in [0.25, 0.3) is 5.91 Å². The normalized spacial score (nSPS) is 19.3. The highest BCUT2D eigenvalue weighted by Crippen LogP contribution is 2.34. The molecule has 21 heavy (non-hydrogen) atoms. The summed E-state index contributed by atoms with van der Waals surface area (Å²) in [4.78, 5) is 12.3. The van der Waals surface area contributed by atoms with Crippen molar-refractivity contribution in [2.24, 2.45) is 11.1 Å². The number of hydrogen-bond donors (Lipinski definition) is 2. The zero-order chi connectivity index (χ0) is 15.0. The molecule has 3 rings (SSSR count). The van der Waals surface area contributed by atoms with Crippen LogP contribution < -0.4 is 10.5 Å². The second-order valence-electron chi connectivity index (χ2n) is 6.09. The summed E-state index contributed by atoms with van der Waals surface area (Å²) < 4.78 is 24.8. The Hall–Kier alpha value is -1.34. The molecule has 0 bridgehead atoms. The van der Waals surface area contributed by atoms with Crippen molar-refractivity contribution in [3.05, 3.63) is 18.0 Å². The third-order valence-electron chi connectivity index (χ3n) is 4.39. The molecule has 7 heteroatoms. The quantitative estimate of drug-likeness (QED) is 0.831. The molecule has 0 aliphatic heterocycles. The van der Waals surface area contributed by atoms with Gasteiger partial charge in [-0.3, -0.25) is 4.79 Å². The molecule has 0 radical (unpaired) electrons. The molecular formula is C14H21N3O3S. The first-order valence-corrected chi connectivity index (χ1v) is 9.02. The molecule has 0 saturated heterocycles. The van der Waals surface area contributed by atoms with E-state index in [0.29, 0.717) is 12.2 Å². The minimum Gasteiger partial charge on any atom is -0.351 e. The molecule has 0 aromatic carbocycles. The fourth-order valence-corrected chi connectivity index (χ4v) is 3.18. The second-order valence-corrected chi connectivity index (χ2v) is 7.65. The lowest BCUT2D eigenvalue weighted by molar-refractivity contribution is 0.0937. The summed E-state index contributed by atoms with van der Waals surface area (Å²) in [6, 6.07) is 1.60. The van der Waals surface area contributed by atoms with Gasteiger partial charge in [0.15, 0.2) is 0 Å². The Balaban J connectivity index is 1.77. The average molecular weight is 311 g/mol. The van der Waals surface area contributed by atoms with Crippen LogP contribution in [0, 0.1) is 5.92 Å². The third-order valence-corrected chi connectivity index (χ3v) is 5.27. The summed E-state index contributed by atoms with van der Waals surface area (Å²) in [7, 11) is -3.78. The molecule has 1 aromatic heterocycles. The number of nitrogens with one attached hydrogen (secondary N) is 1. The van der Waals surface area contributed by atoms with Gasteiger partial charge in [0, 0.05) is 18.8 Å². The van der Waals surface area contributed by atoms with E-state index in [1.54, 1.807) is 4.57 Å². The van der Waals surface area contributed by atoms with E-state index in [0.717, 1.165) is 31.6 Å². The van der Waals surface area contributed by atoms with Gasteiger partial charge < -0.3 is 9.88 Å². The molecular weight excluding hydrogens is 290 g/mol. The van der Waals surface area contributed by atoms with Crippen molar-refractivity contribution in [1.29, 1.82) is 0 Å². The zero-order valence-corrected chi connectivity index (χ0v) is 12.7. The van der Waals surface area contributed by atoms with Gasteiger partial charge in [0.2, 0.25) is 10.0 Å². The van der Waals surface area contributed by atoms with Crippen molar-refractivity contribution in [1.82, 2.24) is 9.88 Å². The van der Waals surface area contributed by atoms with Crippen LogP contribution >= 0.6 is 0 Å². The van der Waals surface area contributed by atoms with Crippen LogP contribution in [0.3, 0.4) is 0 Å². The second kappa shape index (κ2) is 5.46. The summed E-state index contributed by atoms with van der Waals surface area (Å²) in [6.07, 6.45) is 8.05. The minimum atomic E-state index is -3.78. The fraction of sp³-hybridized carbons (Fsp3) is 0.643. The average Bonchev–Trinajstić information content (AvgIpc) is 3.04. The standard InChI is InChI=1S/C14H21N3O3S/c15-21(19,20)12-8-13(17(9-12)11-2-1-3-11)14(18)16-7-6-10-4-5-10/h8-11H,1-7H2,(H,16,18)(H2,15,19,20). The van der Waals surface area contributed by atoms with Crippen LogP contribution in [0.1, 0.15) is 55.1 Å². The Morgan fingerprint density at radius 3 is 2.57 bits per heavy atom. The highest BCUT2D eigenvalue weighted by atomic mass is 32.2. The third kappa shape index (κ3) is 3.29. The minimum absolute atomic E-state index is 0.0155. The summed E-state index contributed by atoms with van der Waals surface area (Å²) >= 11 is 0. The Kier molecular flexibility index (Phi) is 3.79. The van der Waals surface area contributed by atoms with E-state index in [4.69, 9.17) is 5.14 Å². The lowest BCUT2D eigenvalue weighted by atomic mass is 9.93. The van der Waals surface area contributed by atoms with Crippen LogP contribution in [0.4, 0.5) is 0 Å². The highest BCUT2D eigenvalue weighted by Gasteiger charge is 2.27. The SMILES string of the molecule is NS(=O)(=O)c1cc(C(=O)NCCC2CC2)n(C2CCC2)c1. The number of sulfonamides is 1. The van der Waals surface area contributed by atoms with E-state index in [2.05, 4.69) is 5.32 Å². The van der Waals surface area contributed by atoms with E-state index in [1.807, 2.05) is 0 Å². The molecule has 1 amide bonds. The van der Waals surface area contributed by atoms with Crippen LogP contribution in [0.2, 0.25) is 0 Å². The number of carbonyl (C=O) groups excluding carboxylic acids is 1. The molecule has 6 nitrogen and oxygen atoms in total. The summed E-state index contributed by atoms with van der Waals surface area (Å²) in [5, 5.41) is 8.06. The topological polar surface area (TPSA) is 94.2 Å². The molecule has 2 saturated carbocycles. The number of nitrogens with two attached hydrogens (primary N) is 1. The first kappa shape index (κ1) is 14.6. The van der Waals surface area contributed by atoms with E-state index in [-0.39, 0.29) is 16.8 Å². The van der Waals surface area contributed by atoms with Gasteiger partial charge in [-0.2, -0.15) is 0 Å². The van der Waals surface area contributed by atoms with Crippen molar-refractivity contribution < 1.29 is 13.2 Å². The number of primary sulfonamides is 1. The van der Waals surface area contributed by atoms with Gasteiger partial charge in [-0.25, -0.2) is 13.6 Å². The molecule has 0 unspecified atom stereocenters. The van der Waals surface area contributed by atoms with Crippen LogP contribution in [-0.2, 0) is 10.0 Å². The van der Waals surface area contributed by atoms with Gasteiger partial charge in [-0.15, -0.1) is 0 Å². The van der Waals surface area contributed by atoms with Crippen LogP contribution in [-0.4, -0.2) is 25.4 Å². The lowest BCUT2D eigenvalue weighted by Gasteiger charge is -2.28. The molecule has 3 N–H and O–H groups in total. The number of rotatable bonds is 6. The lowest BCUT2D eigenvalue weighted by Crippen LogP contribution is -2.29. The summed E-state index contributed by atoms with van der Waals surface area (Å²) in [5.74, 6) is 0.543. The predicted octanol–water partition coefficient (Wildman–Crippen LogP) is 1.39. The Morgan fingerprint density at radius 2 is 2.05 bits per heavy atom. The number of hydrogen-bond acceptors (Lipinski definition) is 3. The van der Waals surface area contributed by atoms with Crippen LogP contribution in [0.15, 0.2) is 17.2 Å². The van der Waals surface area contributed by atoms with Crippen LogP contribution in [0.25, 0.3) is 0 Å². The predicted molar refractivity (Wildman–Crippen MR) is 78.4 cm³/mol. The maximum absolute atomic E-state index is 12.3. The smallest absolute Gasteiger partial charge is 0.267 e. The molecule has 2 aliphatic carbocycles. The molecule has 0 atom stereocenters. The highest BCUT2D eigenvalue weighted by molar-refractivity contribution is 7.89. The maximum atomic E-state index is 12.3. The Labute approximate surface area is 124 Å². The Bertz CT molecular complexity index is 642. The van der Waals surface area contributed by atoms with Gasteiger partial charge in [-0.1, -0.05) is 12.8 Å². The van der Waals surface area contributed by atoms with E-state index in [1.165, 1.54) is 25.1 Å². The van der Waals surface area contributed by atoms with Gasteiger partial charge >= 0.3 is 0 Å². The van der Waals surface area contributed by atoms with Crippen molar-refractivity contribution in [3.8, 4) is 0 Å². The van der Waals surface area contributed by atoms with Crippen molar-refractivity contribution in [2.45, 2.75) is 49.5 Å². The fourth-order valence-electron chi connectivity index (χ4n) is 2.65. The van der Waals surface area contributed by atoms with Gasteiger partial charge in [0.05, 0.1) is 0 Å². The maximum Gasteiger partial charge on any atom is 0.267 e. The first-order valence-electron chi connectivity index (χ1n) is 7.48.